The molecule has 1 aromatic heterocycles. The molecule has 0 amide bonds. The van der Waals surface area contributed by atoms with E-state index >= 15 is 0 Å². The van der Waals surface area contributed by atoms with E-state index in [2.05, 4.69) is 25.6 Å². The van der Waals surface area contributed by atoms with Crippen LogP contribution in [-0.2, 0) is 11.0 Å². The van der Waals surface area contributed by atoms with Crippen molar-refractivity contribution in [1.82, 2.24) is 9.71 Å². The van der Waals surface area contributed by atoms with E-state index in [1.165, 1.54) is 37.1 Å². The third-order valence-electron chi connectivity index (χ3n) is 4.16. The molecule has 1 aliphatic rings. The van der Waals surface area contributed by atoms with Gasteiger partial charge in [0.05, 0.1) is 14.8 Å². The molecule has 1 atom stereocenters. The minimum atomic E-state index is -1.20. The number of hydrogen-bond donors (Lipinski definition) is 1. The number of aromatic nitrogens is 1. The summed E-state index contributed by atoms with van der Waals surface area (Å²) in [5.41, 5.74) is 1.02. The monoisotopic (exact) mass is 412 g/mol. The number of nitrogens with one attached hydrogen (secondary N) is 1. The van der Waals surface area contributed by atoms with Gasteiger partial charge in [0.2, 0.25) is 0 Å². The second kappa shape index (κ2) is 8.01. The molecule has 1 heterocycles. The lowest BCUT2D eigenvalue weighted by Gasteiger charge is -2.18. The predicted octanol–water partition coefficient (Wildman–Crippen LogP) is 5.25. The molecular formula is C17H21BrN2OS2. The van der Waals surface area contributed by atoms with Crippen molar-refractivity contribution >= 4 is 38.3 Å². The molecule has 1 fully saturated rings. The molecule has 2 aromatic rings. The Morgan fingerprint density at radius 3 is 2.87 bits per heavy atom. The van der Waals surface area contributed by atoms with Crippen LogP contribution in [0.1, 0.15) is 50.0 Å². The van der Waals surface area contributed by atoms with Gasteiger partial charge in [0.15, 0.2) is 0 Å². The maximum Gasteiger partial charge on any atom is 0.125 e. The first-order valence-electron chi connectivity index (χ1n) is 8.10. The number of halogens is 1. The lowest BCUT2D eigenvalue weighted by molar-refractivity contribution is 0.442. The lowest BCUT2D eigenvalue weighted by atomic mass is 9.90. The zero-order chi connectivity index (χ0) is 16.2. The van der Waals surface area contributed by atoms with Gasteiger partial charge in [0.1, 0.15) is 11.0 Å². The second-order valence-corrected chi connectivity index (χ2v) is 9.05. The third kappa shape index (κ3) is 4.10. The maximum atomic E-state index is 12.5. The van der Waals surface area contributed by atoms with Gasteiger partial charge in [0.25, 0.3) is 0 Å². The van der Waals surface area contributed by atoms with Gasteiger partial charge < -0.3 is 0 Å². The Kier molecular flexibility index (Phi) is 6.01. The van der Waals surface area contributed by atoms with Crippen LogP contribution in [0.25, 0.3) is 10.4 Å². The highest BCUT2D eigenvalue weighted by Crippen LogP contribution is 2.39. The first-order valence-corrected chi connectivity index (χ1v) is 10.9. The summed E-state index contributed by atoms with van der Waals surface area (Å²) in [7, 11) is -1.20. The molecule has 0 bridgehead atoms. The molecule has 0 aliphatic heterocycles. The fourth-order valence-electron chi connectivity index (χ4n) is 3.01. The lowest BCUT2D eigenvalue weighted by Crippen LogP contribution is -2.16. The van der Waals surface area contributed by atoms with Crippen LogP contribution < -0.4 is 4.72 Å². The molecule has 1 saturated carbocycles. The van der Waals surface area contributed by atoms with Crippen molar-refractivity contribution in [3.8, 4) is 10.4 Å². The van der Waals surface area contributed by atoms with Crippen molar-refractivity contribution in [3.05, 3.63) is 33.9 Å². The molecule has 0 spiro atoms. The smallest absolute Gasteiger partial charge is 0.125 e. The van der Waals surface area contributed by atoms with Crippen molar-refractivity contribution in [3.63, 3.8) is 0 Å². The summed E-state index contributed by atoms with van der Waals surface area (Å²) in [4.78, 5) is 6.60. The Labute approximate surface area is 152 Å². The summed E-state index contributed by atoms with van der Waals surface area (Å²) >= 11 is 5.24. The molecule has 124 valence electrons. The van der Waals surface area contributed by atoms with Gasteiger partial charge in [0, 0.05) is 28.7 Å². The zero-order valence-corrected chi connectivity index (χ0v) is 16.4. The molecule has 1 aromatic carbocycles. The van der Waals surface area contributed by atoms with Crippen LogP contribution in [0.5, 0.6) is 0 Å². The van der Waals surface area contributed by atoms with Gasteiger partial charge in [-0.05, 0) is 25.0 Å². The topological polar surface area (TPSA) is 42.0 Å². The molecule has 23 heavy (non-hydrogen) atoms. The summed E-state index contributed by atoms with van der Waals surface area (Å²) in [5.74, 6) is 0.612. The maximum absolute atomic E-state index is 12.5. The minimum absolute atomic E-state index is 0.612. The van der Waals surface area contributed by atoms with Gasteiger partial charge in [-0.2, -0.15) is 0 Å². The highest BCUT2D eigenvalue weighted by molar-refractivity contribution is 9.10. The highest BCUT2D eigenvalue weighted by atomic mass is 79.9. The number of thiazole rings is 1. The van der Waals surface area contributed by atoms with Crippen LogP contribution in [0, 0.1) is 0 Å². The SMILES string of the molecule is CCNS(=O)c1cc(Br)ccc1-c1cnc(C2CCCCC2)s1. The average molecular weight is 413 g/mol. The van der Waals surface area contributed by atoms with Gasteiger partial charge in [-0.3, -0.25) is 0 Å². The van der Waals surface area contributed by atoms with Crippen LogP contribution in [0.3, 0.4) is 0 Å². The normalized spacial score (nSPS) is 17.3. The number of rotatable bonds is 5. The highest BCUT2D eigenvalue weighted by Gasteiger charge is 2.20. The molecule has 6 heteroatoms. The van der Waals surface area contributed by atoms with E-state index < -0.39 is 11.0 Å². The average Bonchev–Trinajstić information content (AvgIpc) is 3.05. The van der Waals surface area contributed by atoms with Crippen molar-refractivity contribution < 1.29 is 4.21 Å². The van der Waals surface area contributed by atoms with Crippen molar-refractivity contribution in [2.75, 3.05) is 6.54 Å². The first-order chi connectivity index (χ1) is 11.2. The molecule has 3 nitrogen and oxygen atoms in total. The van der Waals surface area contributed by atoms with Crippen molar-refractivity contribution in [2.45, 2.75) is 49.8 Å². The van der Waals surface area contributed by atoms with Crippen LogP contribution in [0.4, 0.5) is 0 Å². The first kappa shape index (κ1) is 17.3. The fraction of sp³-hybridized carbons (Fsp3) is 0.471. The molecule has 0 saturated heterocycles. The summed E-state index contributed by atoms with van der Waals surface area (Å²) in [6.45, 7) is 2.64. The molecule has 1 aliphatic carbocycles. The van der Waals surface area contributed by atoms with E-state index in [-0.39, 0.29) is 0 Å². The summed E-state index contributed by atoms with van der Waals surface area (Å²) < 4.78 is 16.4. The van der Waals surface area contributed by atoms with E-state index in [0.717, 1.165) is 19.8 Å². The van der Waals surface area contributed by atoms with Crippen molar-refractivity contribution in [2.24, 2.45) is 0 Å². The Morgan fingerprint density at radius 1 is 1.35 bits per heavy atom. The van der Waals surface area contributed by atoms with Crippen LogP contribution in [0.15, 0.2) is 33.8 Å². The Hall–Kier alpha value is -0.560. The zero-order valence-electron chi connectivity index (χ0n) is 13.2. The van der Waals surface area contributed by atoms with Crippen LogP contribution in [-0.4, -0.2) is 15.7 Å². The molecule has 1 N–H and O–H groups in total. The molecular weight excluding hydrogens is 392 g/mol. The minimum Gasteiger partial charge on any atom is -0.249 e. The van der Waals surface area contributed by atoms with Crippen LogP contribution in [0.2, 0.25) is 0 Å². The summed E-state index contributed by atoms with van der Waals surface area (Å²) in [6.07, 6.45) is 8.44. The number of benzene rings is 1. The summed E-state index contributed by atoms with van der Waals surface area (Å²) in [5, 5.41) is 1.24. The van der Waals surface area contributed by atoms with E-state index in [4.69, 9.17) is 0 Å². The molecule has 3 rings (SSSR count). The summed E-state index contributed by atoms with van der Waals surface area (Å²) in [6, 6.07) is 5.98. The Bertz CT molecular complexity index is 696. The van der Waals surface area contributed by atoms with Gasteiger partial charge in [-0.1, -0.05) is 48.2 Å². The Morgan fingerprint density at radius 2 is 2.13 bits per heavy atom. The van der Waals surface area contributed by atoms with Crippen LogP contribution >= 0.6 is 27.3 Å². The number of nitrogens with zero attached hydrogens (tertiary/aromatic N) is 1. The van der Waals surface area contributed by atoms with E-state index in [0.29, 0.717) is 12.5 Å². The van der Waals surface area contributed by atoms with Gasteiger partial charge in [-0.15, -0.1) is 11.3 Å². The van der Waals surface area contributed by atoms with E-state index in [1.807, 2.05) is 31.3 Å². The third-order valence-corrected chi connectivity index (χ3v) is 7.14. The largest absolute Gasteiger partial charge is 0.249 e. The fourth-order valence-corrected chi connectivity index (χ4v) is 5.75. The van der Waals surface area contributed by atoms with Gasteiger partial charge in [-0.25, -0.2) is 13.9 Å². The number of hydrogen-bond acceptors (Lipinski definition) is 3. The van der Waals surface area contributed by atoms with E-state index in [9.17, 15) is 4.21 Å². The van der Waals surface area contributed by atoms with Gasteiger partial charge >= 0.3 is 0 Å². The quantitative estimate of drug-likeness (QED) is 0.727. The predicted molar refractivity (Wildman–Crippen MR) is 101 cm³/mol. The molecule has 0 radical (unpaired) electrons. The van der Waals surface area contributed by atoms with Crippen molar-refractivity contribution in [1.29, 1.82) is 0 Å². The van der Waals surface area contributed by atoms with E-state index in [1.54, 1.807) is 11.3 Å². The standard InChI is InChI=1S/C17H21BrN2OS2/c1-2-20-23(21)16-10-13(18)8-9-14(16)15-11-19-17(22-15)12-6-4-3-5-7-12/h8-12,20H,2-7H2,1H3. The second-order valence-electron chi connectivity index (χ2n) is 5.80. The molecule has 1 unspecified atom stereocenters. The Balaban J connectivity index is 1.92.